The van der Waals surface area contributed by atoms with Gasteiger partial charge in [0, 0.05) is 21.8 Å². The van der Waals surface area contributed by atoms with E-state index in [9.17, 15) is 4.79 Å². The zero-order valence-electron chi connectivity index (χ0n) is 13.9. The molecule has 2 aromatic heterocycles. The second kappa shape index (κ2) is 6.39. The maximum Gasteiger partial charge on any atom is 0.327 e. The number of carbonyl (C=O) groups is 1. The minimum Gasteiger partial charge on any atom is -0.465 e. The van der Waals surface area contributed by atoms with Crippen LogP contribution in [0.25, 0.3) is 21.8 Å². The molecule has 0 saturated carbocycles. The van der Waals surface area contributed by atoms with E-state index in [1.54, 1.807) is 13.1 Å². The van der Waals surface area contributed by atoms with Crippen molar-refractivity contribution in [1.29, 1.82) is 0 Å². The van der Waals surface area contributed by atoms with Gasteiger partial charge in [0.05, 0.1) is 19.3 Å². The average Bonchev–Trinajstić information content (AvgIpc) is 3.19. The Morgan fingerprint density at radius 2 is 1.68 bits per heavy atom. The van der Waals surface area contributed by atoms with Gasteiger partial charge in [0.25, 0.3) is 0 Å². The summed E-state index contributed by atoms with van der Waals surface area (Å²) in [6.07, 6.45) is 1.79. The predicted molar refractivity (Wildman–Crippen MR) is 95.2 cm³/mol. The number of fused-ring (bicyclic) bond motifs is 3. The van der Waals surface area contributed by atoms with Crippen molar-refractivity contribution < 1.29 is 9.53 Å². The Bertz CT molecular complexity index is 995. The Morgan fingerprint density at radius 3 is 2.32 bits per heavy atom. The summed E-state index contributed by atoms with van der Waals surface area (Å²) >= 11 is 0. The number of benzene rings is 2. The molecule has 0 aliphatic rings. The lowest BCUT2D eigenvalue weighted by Gasteiger charge is -2.04. The second-order valence-corrected chi connectivity index (χ2v) is 5.83. The molecule has 0 unspecified atom stereocenters. The van der Waals surface area contributed by atoms with Gasteiger partial charge in [-0.1, -0.05) is 41.6 Å². The van der Waals surface area contributed by atoms with Gasteiger partial charge in [-0.15, -0.1) is 5.10 Å². The topological polar surface area (TPSA) is 61.9 Å². The number of esters is 1. The molecule has 0 N–H and O–H groups in total. The van der Waals surface area contributed by atoms with E-state index in [4.69, 9.17) is 4.74 Å². The first kappa shape index (κ1) is 15.4. The molecule has 0 spiro atoms. The molecular formula is C19H18N4O2. The minimum atomic E-state index is -0.309. The van der Waals surface area contributed by atoms with Crippen molar-refractivity contribution in [2.45, 2.75) is 20.0 Å². The molecule has 0 atom stereocenters. The van der Waals surface area contributed by atoms with Crippen LogP contribution in [-0.2, 0) is 22.6 Å². The average molecular weight is 334 g/mol. The van der Waals surface area contributed by atoms with Crippen LogP contribution in [0.3, 0.4) is 0 Å². The third-order valence-electron chi connectivity index (χ3n) is 4.18. The number of rotatable bonds is 5. The smallest absolute Gasteiger partial charge is 0.327 e. The summed E-state index contributed by atoms with van der Waals surface area (Å²) in [6, 6.07) is 16.7. The maximum atomic E-state index is 11.6. The van der Waals surface area contributed by atoms with Crippen LogP contribution in [0.5, 0.6) is 0 Å². The van der Waals surface area contributed by atoms with Crippen molar-refractivity contribution in [2.24, 2.45) is 0 Å². The quantitative estimate of drug-likeness (QED) is 0.526. The van der Waals surface area contributed by atoms with Gasteiger partial charge in [-0.05, 0) is 19.1 Å². The van der Waals surface area contributed by atoms with Crippen LogP contribution < -0.4 is 0 Å². The van der Waals surface area contributed by atoms with Gasteiger partial charge >= 0.3 is 5.97 Å². The number of hydrogen-bond acceptors (Lipinski definition) is 4. The molecule has 4 rings (SSSR count). The van der Waals surface area contributed by atoms with Crippen molar-refractivity contribution in [3.63, 3.8) is 0 Å². The second-order valence-electron chi connectivity index (χ2n) is 5.83. The van der Waals surface area contributed by atoms with Crippen LogP contribution in [0.1, 0.15) is 12.6 Å². The molecule has 0 radical (unpaired) electrons. The Kier molecular flexibility index (Phi) is 3.93. The van der Waals surface area contributed by atoms with E-state index < -0.39 is 0 Å². The van der Waals surface area contributed by atoms with Crippen LogP contribution >= 0.6 is 0 Å². The molecule has 0 fully saturated rings. The Morgan fingerprint density at radius 1 is 1.04 bits per heavy atom. The van der Waals surface area contributed by atoms with Gasteiger partial charge in [0.1, 0.15) is 12.2 Å². The van der Waals surface area contributed by atoms with Gasteiger partial charge in [-0.3, -0.25) is 4.79 Å². The summed E-state index contributed by atoms with van der Waals surface area (Å²) in [4.78, 5) is 11.6. The van der Waals surface area contributed by atoms with Gasteiger partial charge in [-0.25, -0.2) is 4.68 Å². The Balaban J connectivity index is 1.69. The lowest BCUT2D eigenvalue weighted by molar-refractivity contribution is -0.144. The monoisotopic (exact) mass is 334 g/mol. The fourth-order valence-electron chi connectivity index (χ4n) is 3.16. The van der Waals surface area contributed by atoms with Crippen molar-refractivity contribution in [2.75, 3.05) is 6.61 Å². The maximum absolute atomic E-state index is 11.6. The highest BCUT2D eigenvalue weighted by atomic mass is 16.5. The highest BCUT2D eigenvalue weighted by molar-refractivity contribution is 6.07. The molecule has 2 heterocycles. The zero-order chi connectivity index (χ0) is 17.2. The fraction of sp³-hybridized carbons (Fsp3) is 0.211. The van der Waals surface area contributed by atoms with E-state index in [-0.39, 0.29) is 12.5 Å². The highest BCUT2D eigenvalue weighted by Crippen LogP contribution is 2.29. The van der Waals surface area contributed by atoms with Crippen molar-refractivity contribution in [3.05, 3.63) is 60.4 Å². The summed E-state index contributed by atoms with van der Waals surface area (Å²) < 4.78 is 8.68. The van der Waals surface area contributed by atoms with Crippen molar-refractivity contribution in [1.82, 2.24) is 19.6 Å². The summed E-state index contributed by atoms with van der Waals surface area (Å²) in [5.74, 6) is -0.309. The minimum absolute atomic E-state index is 0.0774. The van der Waals surface area contributed by atoms with Crippen LogP contribution in [0.4, 0.5) is 0 Å². The fourth-order valence-corrected chi connectivity index (χ4v) is 3.16. The van der Waals surface area contributed by atoms with Crippen LogP contribution in [0, 0.1) is 0 Å². The molecule has 0 saturated heterocycles. The normalized spacial score (nSPS) is 11.2. The molecular weight excluding hydrogens is 316 g/mol. The first-order valence-electron chi connectivity index (χ1n) is 8.27. The van der Waals surface area contributed by atoms with Gasteiger partial charge in [-0.2, -0.15) is 0 Å². The Hall–Kier alpha value is -3.15. The van der Waals surface area contributed by atoms with E-state index in [2.05, 4.69) is 51.3 Å². The van der Waals surface area contributed by atoms with Gasteiger partial charge in [0.15, 0.2) is 0 Å². The molecule has 126 valence electrons. The third kappa shape index (κ3) is 2.87. The molecule has 6 heteroatoms. The summed E-state index contributed by atoms with van der Waals surface area (Å²) in [7, 11) is 0. The molecule has 0 aliphatic carbocycles. The van der Waals surface area contributed by atoms with E-state index >= 15 is 0 Å². The van der Waals surface area contributed by atoms with Crippen molar-refractivity contribution >= 4 is 27.8 Å². The lowest BCUT2D eigenvalue weighted by Crippen LogP contribution is -2.13. The molecule has 25 heavy (non-hydrogen) atoms. The van der Waals surface area contributed by atoms with Crippen LogP contribution in [0.15, 0.2) is 54.7 Å². The Labute approximate surface area is 144 Å². The number of para-hydroxylation sites is 2. The molecule has 6 nitrogen and oxygen atoms in total. The summed E-state index contributed by atoms with van der Waals surface area (Å²) in [5, 5.41) is 10.7. The van der Waals surface area contributed by atoms with Crippen molar-refractivity contribution in [3.8, 4) is 0 Å². The highest BCUT2D eigenvalue weighted by Gasteiger charge is 2.12. The number of nitrogens with zero attached hydrogens (tertiary/aromatic N) is 4. The van der Waals surface area contributed by atoms with E-state index in [0.717, 1.165) is 16.7 Å². The van der Waals surface area contributed by atoms with Gasteiger partial charge in [0.2, 0.25) is 0 Å². The van der Waals surface area contributed by atoms with Crippen LogP contribution in [-0.4, -0.2) is 32.1 Å². The standard InChI is InChI=1S/C19H18N4O2/c1-2-25-19(24)13-22-11-14(20-21-22)12-23-17-9-5-3-7-15(17)16-8-4-6-10-18(16)23/h3-11H,2,12-13H2,1H3. The SMILES string of the molecule is CCOC(=O)Cn1cc(Cn2c3ccccc3c3ccccc32)nn1. The van der Waals surface area contributed by atoms with Crippen LogP contribution in [0.2, 0.25) is 0 Å². The molecule has 0 amide bonds. The first-order valence-corrected chi connectivity index (χ1v) is 8.27. The predicted octanol–water partition coefficient (Wildman–Crippen LogP) is 3.00. The third-order valence-corrected chi connectivity index (χ3v) is 4.18. The largest absolute Gasteiger partial charge is 0.465 e. The lowest BCUT2D eigenvalue weighted by atomic mass is 10.2. The number of ether oxygens (including phenoxy) is 1. The molecule has 0 aliphatic heterocycles. The first-order chi connectivity index (χ1) is 12.3. The summed E-state index contributed by atoms with van der Waals surface area (Å²) in [6.45, 7) is 2.82. The number of aromatic nitrogens is 4. The molecule has 0 bridgehead atoms. The molecule has 4 aromatic rings. The number of hydrogen-bond donors (Lipinski definition) is 0. The van der Waals surface area contributed by atoms with E-state index in [1.807, 2.05) is 12.1 Å². The zero-order valence-corrected chi connectivity index (χ0v) is 13.9. The molecule has 2 aromatic carbocycles. The van der Waals surface area contributed by atoms with E-state index in [0.29, 0.717) is 13.2 Å². The summed E-state index contributed by atoms with van der Waals surface area (Å²) in [5.41, 5.74) is 3.11. The number of carbonyl (C=O) groups excluding carboxylic acids is 1. The van der Waals surface area contributed by atoms with Gasteiger partial charge < -0.3 is 9.30 Å². The van der Waals surface area contributed by atoms with E-state index in [1.165, 1.54) is 15.5 Å².